The summed E-state index contributed by atoms with van der Waals surface area (Å²) in [7, 11) is 1.63. The normalized spacial score (nSPS) is 19.9. The molecule has 1 aromatic heterocycles. The summed E-state index contributed by atoms with van der Waals surface area (Å²) >= 11 is 0. The Labute approximate surface area is 148 Å². The van der Waals surface area contributed by atoms with Gasteiger partial charge in [-0.25, -0.2) is 9.48 Å². The second-order valence-electron chi connectivity index (χ2n) is 7.80. The fraction of sp³-hybridized carbons (Fsp3) is 0.833. The number of hydrogen-bond donors (Lipinski definition) is 0. The van der Waals surface area contributed by atoms with E-state index in [0.717, 1.165) is 57.6 Å². The lowest BCUT2D eigenvalue weighted by molar-refractivity contribution is -0.137. The molecule has 0 N–H and O–H groups in total. The molecule has 2 aliphatic heterocycles. The van der Waals surface area contributed by atoms with Crippen LogP contribution in [-0.4, -0.2) is 52.0 Å². The fourth-order valence-electron chi connectivity index (χ4n) is 4.14. The van der Waals surface area contributed by atoms with E-state index in [1.54, 1.807) is 7.11 Å². The predicted molar refractivity (Wildman–Crippen MR) is 94.4 cm³/mol. The minimum Gasteiger partial charge on any atom is -0.383 e. The maximum atomic E-state index is 12.5. The van der Waals surface area contributed by atoms with Crippen molar-refractivity contribution in [1.82, 2.24) is 19.2 Å². The zero-order chi connectivity index (χ0) is 18.0. The number of aryl methyl sites for hydroxylation is 1. The SMILES string of the molecule is COCCn1nc2n(c1=O)CCC1(CC2)CCN(C(=O)C(C)C)CC1. The molecule has 0 saturated carbocycles. The molecule has 140 valence electrons. The zero-order valence-corrected chi connectivity index (χ0v) is 15.7. The van der Waals surface area contributed by atoms with Crippen LogP contribution in [0.1, 0.15) is 45.4 Å². The highest BCUT2D eigenvalue weighted by molar-refractivity contribution is 5.78. The van der Waals surface area contributed by atoms with E-state index < -0.39 is 0 Å². The van der Waals surface area contributed by atoms with Crippen LogP contribution in [0.25, 0.3) is 0 Å². The van der Waals surface area contributed by atoms with Crippen molar-refractivity contribution in [1.29, 1.82) is 0 Å². The molecule has 7 heteroatoms. The van der Waals surface area contributed by atoms with E-state index in [1.165, 1.54) is 4.68 Å². The molecule has 2 aliphatic rings. The Balaban J connectivity index is 1.65. The average Bonchev–Trinajstić information content (AvgIpc) is 2.80. The van der Waals surface area contributed by atoms with Crippen LogP contribution in [0.5, 0.6) is 0 Å². The maximum absolute atomic E-state index is 12.5. The number of likely N-dealkylation sites (tertiary alicyclic amines) is 1. The molecule has 3 rings (SSSR count). The summed E-state index contributed by atoms with van der Waals surface area (Å²) in [5.74, 6) is 1.23. The van der Waals surface area contributed by atoms with E-state index in [0.29, 0.717) is 13.2 Å². The Morgan fingerprint density at radius 1 is 1.20 bits per heavy atom. The Morgan fingerprint density at radius 3 is 2.52 bits per heavy atom. The molecule has 0 bridgehead atoms. The van der Waals surface area contributed by atoms with Crippen LogP contribution in [0.4, 0.5) is 0 Å². The van der Waals surface area contributed by atoms with Gasteiger partial charge >= 0.3 is 5.69 Å². The number of hydrogen-bond acceptors (Lipinski definition) is 4. The van der Waals surface area contributed by atoms with Crippen molar-refractivity contribution in [3.63, 3.8) is 0 Å². The lowest BCUT2D eigenvalue weighted by Crippen LogP contribution is -2.45. The van der Waals surface area contributed by atoms with Gasteiger partial charge in [0.2, 0.25) is 5.91 Å². The number of amides is 1. The molecule has 1 fully saturated rings. The highest BCUT2D eigenvalue weighted by atomic mass is 16.5. The van der Waals surface area contributed by atoms with Gasteiger partial charge in [0.15, 0.2) is 0 Å². The van der Waals surface area contributed by atoms with Crippen molar-refractivity contribution >= 4 is 5.91 Å². The van der Waals surface area contributed by atoms with E-state index in [1.807, 2.05) is 23.3 Å². The van der Waals surface area contributed by atoms with Gasteiger partial charge in [0.05, 0.1) is 13.2 Å². The molecular formula is C18H30N4O3. The predicted octanol–water partition coefficient (Wildman–Crippen LogP) is 1.29. The van der Waals surface area contributed by atoms with Crippen molar-refractivity contribution in [2.45, 2.75) is 59.0 Å². The number of carbonyl (C=O) groups is 1. The minimum absolute atomic E-state index is 0.0171. The lowest BCUT2D eigenvalue weighted by Gasteiger charge is -2.42. The van der Waals surface area contributed by atoms with Crippen molar-refractivity contribution < 1.29 is 9.53 Å². The van der Waals surface area contributed by atoms with Gasteiger partial charge in [-0.1, -0.05) is 13.8 Å². The quantitative estimate of drug-likeness (QED) is 0.821. The Kier molecular flexibility index (Phi) is 5.32. The van der Waals surface area contributed by atoms with Gasteiger partial charge in [-0.05, 0) is 31.1 Å². The summed E-state index contributed by atoms with van der Waals surface area (Å²) in [6, 6.07) is 0. The van der Waals surface area contributed by atoms with Crippen LogP contribution in [-0.2, 0) is 29.0 Å². The number of rotatable bonds is 4. The summed E-state index contributed by atoms with van der Waals surface area (Å²) in [5, 5.41) is 4.51. The summed E-state index contributed by atoms with van der Waals surface area (Å²) in [4.78, 5) is 26.7. The average molecular weight is 350 g/mol. The van der Waals surface area contributed by atoms with E-state index in [-0.39, 0.29) is 22.9 Å². The number of nitrogens with zero attached hydrogens (tertiary/aromatic N) is 4. The second-order valence-corrected chi connectivity index (χ2v) is 7.80. The van der Waals surface area contributed by atoms with Crippen LogP contribution >= 0.6 is 0 Å². The first-order valence-electron chi connectivity index (χ1n) is 9.40. The third kappa shape index (κ3) is 3.66. The first-order chi connectivity index (χ1) is 12.0. The monoisotopic (exact) mass is 350 g/mol. The third-order valence-corrected chi connectivity index (χ3v) is 5.88. The van der Waals surface area contributed by atoms with E-state index in [4.69, 9.17) is 4.74 Å². The Morgan fingerprint density at radius 2 is 1.88 bits per heavy atom. The van der Waals surface area contributed by atoms with Crippen LogP contribution in [0, 0.1) is 11.3 Å². The van der Waals surface area contributed by atoms with Crippen molar-refractivity contribution in [2.75, 3.05) is 26.8 Å². The molecule has 0 unspecified atom stereocenters. The number of aromatic nitrogens is 3. The van der Waals surface area contributed by atoms with E-state index >= 15 is 0 Å². The number of methoxy groups -OCH3 is 1. The molecule has 0 radical (unpaired) electrons. The van der Waals surface area contributed by atoms with Crippen LogP contribution in [0.15, 0.2) is 4.79 Å². The first-order valence-corrected chi connectivity index (χ1v) is 9.40. The fourth-order valence-corrected chi connectivity index (χ4v) is 4.14. The highest BCUT2D eigenvalue weighted by Crippen LogP contribution is 2.41. The van der Waals surface area contributed by atoms with Crippen LogP contribution < -0.4 is 5.69 Å². The topological polar surface area (TPSA) is 69.4 Å². The minimum atomic E-state index is -0.0171. The van der Waals surface area contributed by atoms with Gasteiger partial charge in [-0.2, -0.15) is 5.10 Å². The van der Waals surface area contributed by atoms with Crippen LogP contribution in [0.2, 0.25) is 0 Å². The molecule has 0 aromatic carbocycles. The molecule has 1 aromatic rings. The number of carbonyl (C=O) groups excluding carboxylic acids is 1. The van der Waals surface area contributed by atoms with E-state index in [2.05, 4.69) is 5.10 Å². The largest absolute Gasteiger partial charge is 0.383 e. The zero-order valence-electron chi connectivity index (χ0n) is 15.7. The molecule has 1 amide bonds. The maximum Gasteiger partial charge on any atom is 0.345 e. The van der Waals surface area contributed by atoms with Gasteiger partial charge in [0, 0.05) is 39.1 Å². The smallest absolute Gasteiger partial charge is 0.345 e. The van der Waals surface area contributed by atoms with Gasteiger partial charge in [0.1, 0.15) is 5.82 Å². The standard InChI is InChI=1S/C18H30N4O3/c1-14(2)16(23)20-9-6-18(7-10-20)5-4-15-19-22(12-13-25-3)17(24)21(15)11-8-18/h14H,4-13H2,1-3H3. The molecular weight excluding hydrogens is 320 g/mol. The molecule has 0 aliphatic carbocycles. The van der Waals surface area contributed by atoms with Crippen molar-refractivity contribution in [3.8, 4) is 0 Å². The summed E-state index contributed by atoms with van der Waals surface area (Å²) in [6.07, 6.45) is 4.96. The highest BCUT2D eigenvalue weighted by Gasteiger charge is 2.38. The summed E-state index contributed by atoms with van der Waals surface area (Å²) in [6.45, 7) is 7.36. The van der Waals surface area contributed by atoms with Crippen molar-refractivity contribution in [3.05, 3.63) is 16.3 Å². The lowest BCUT2D eigenvalue weighted by atomic mass is 9.72. The van der Waals surface area contributed by atoms with Gasteiger partial charge in [-0.3, -0.25) is 9.36 Å². The molecule has 0 atom stereocenters. The third-order valence-electron chi connectivity index (χ3n) is 5.88. The van der Waals surface area contributed by atoms with E-state index in [9.17, 15) is 9.59 Å². The molecule has 7 nitrogen and oxygen atoms in total. The van der Waals surface area contributed by atoms with Gasteiger partial charge < -0.3 is 9.64 Å². The first kappa shape index (κ1) is 18.2. The molecule has 1 spiro atoms. The van der Waals surface area contributed by atoms with Crippen molar-refractivity contribution in [2.24, 2.45) is 11.3 Å². The molecule has 25 heavy (non-hydrogen) atoms. The Hall–Kier alpha value is -1.63. The molecule has 1 saturated heterocycles. The van der Waals surface area contributed by atoms with Gasteiger partial charge in [-0.15, -0.1) is 0 Å². The Bertz CT molecular complexity index is 668. The molecule has 3 heterocycles. The van der Waals surface area contributed by atoms with Crippen LogP contribution in [0.3, 0.4) is 0 Å². The number of fused-ring (bicyclic) bond motifs is 1. The van der Waals surface area contributed by atoms with Gasteiger partial charge in [0.25, 0.3) is 0 Å². The summed E-state index contributed by atoms with van der Waals surface area (Å²) in [5.41, 5.74) is 0.231. The summed E-state index contributed by atoms with van der Waals surface area (Å²) < 4.78 is 8.42. The second kappa shape index (κ2) is 7.32. The number of piperidine rings is 1. The number of ether oxygens (including phenoxy) is 1.